The van der Waals surface area contributed by atoms with E-state index in [1.54, 1.807) is 12.3 Å². The van der Waals surface area contributed by atoms with Crippen molar-refractivity contribution in [3.63, 3.8) is 0 Å². The lowest BCUT2D eigenvalue weighted by Crippen LogP contribution is -2.45. The number of hydrogen-bond donors (Lipinski definition) is 2. The summed E-state index contributed by atoms with van der Waals surface area (Å²) in [6.07, 6.45) is -1.04. The van der Waals surface area contributed by atoms with Crippen LogP contribution in [0.25, 0.3) is 10.4 Å². The van der Waals surface area contributed by atoms with Gasteiger partial charge in [0, 0.05) is 18.1 Å². The van der Waals surface area contributed by atoms with Gasteiger partial charge in [0.2, 0.25) is 11.8 Å². The number of carbonyl (C=O) groups excluding carboxylic acids is 1. The molecule has 1 saturated carbocycles. The highest BCUT2D eigenvalue weighted by atomic mass is 32.1. The molecule has 12 heteroatoms. The molecule has 8 nitrogen and oxygen atoms in total. The number of esters is 1. The molecule has 4 rings (SSSR count). The maximum atomic E-state index is 13.1. The van der Waals surface area contributed by atoms with Crippen LogP contribution in [0.5, 0.6) is 5.88 Å². The van der Waals surface area contributed by atoms with Crippen molar-refractivity contribution >= 4 is 28.9 Å². The van der Waals surface area contributed by atoms with Crippen molar-refractivity contribution in [1.29, 1.82) is 0 Å². The number of halogens is 3. The molecule has 0 saturated heterocycles. The zero-order chi connectivity index (χ0) is 27.9. The van der Waals surface area contributed by atoms with Gasteiger partial charge in [-0.1, -0.05) is 19.9 Å². The fourth-order valence-electron chi connectivity index (χ4n) is 5.03. The van der Waals surface area contributed by atoms with Gasteiger partial charge in [0.25, 0.3) is 0 Å². The number of aromatic nitrogens is 3. The van der Waals surface area contributed by atoms with E-state index in [9.17, 15) is 23.1 Å². The van der Waals surface area contributed by atoms with Crippen molar-refractivity contribution in [1.82, 2.24) is 15.0 Å². The summed E-state index contributed by atoms with van der Waals surface area (Å²) in [5.74, 6) is -1.20. The average Bonchev–Trinajstić information content (AvgIpc) is 3.33. The van der Waals surface area contributed by atoms with E-state index in [2.05, 4.69) is 20.3 Å². The van der Waals surface area contributed by atoms with E-state index in [0.717, 1.165) is 23.1 Å². The van der Waals surface area contributed by atoms with Gasteiger partial charge in [-0.05, 0) is 54.9 Å². The summed E-state index contributed by atoms with van der Waals surface area (Å²) in [5.41, 5.74) is -0.454. The first-order chi connectivity index (χ1) is 17.8. The lowest BCUT2D eigenvalue weighted by Gasteiger charge is -2.44. The Balaban J connectivity index is 1.58. The van der Waals surface area contributed by atoms with Gasteiger partial charge in [-0.2, -0.15) is 18.2 Å². The second-order valence-corrected chi connectivity index (χ2v) is 11.2. The van der Waals surface area contributed by atoms with E-state index in [-0.39, 0.29) is 17.8 Å². The van der Waals surface area contributed by atoms with Crippen molar-refractivity contribution in [2.75, 3.05) is 19.5 Å². The zero-order valence-corrected chi connectivity index (χ0v) is 22.5. The molecule has 2 unspecified atom stereocenters. The number of aryl methyl sites for hydroxylation is 1. The van der Waals surface area contributed by atoms with E-state index >= 15 is 0 Å². The number of benzene rings is 1. The van der Waals surface area contributed by atoms with Crippen LogP contribution >= 0.6 is 11.3 Å². The number of alkyl halides is 3. The molecule has 0 radical (unpaired) electrons. The Bertz CT molecular complexity index is 1340. The maximum absolute atomic E-state index is 13.1. The molecule has 204 valence electrons. The Morgan fingerprint density at radius 3 is 2.55 bits per heavy atom. The lowest BCUT2D eigenvalue weighted by molar-refractivity contribution is -0.157. The molecule has 0 bridgehead atoms. The zero-order valence-electron chi connectivity index (χ0n) is 21.6. The molecule has 2 aromatic heterocycles. The number of ether oxygens (including phenoxy) is 2. The minimum atomic E-state index is -4.64. The van der Waals surface area contributed by atoms with Gasteiger partial charge >= 0.3 is 12.1 Å². The van der Waals surface area contributed by atoms with Crippen LogP contribution in [-0.2, 0) is 21.3 Å². The highest BCUT2D eigenvalue weighted by Crippen LogP contribution is 2.51. The largest absolute Gasteiger partial charge is 0.480 e. The lowest BCUT2D eigenvalue weighted by atomic mass is 9.63. The fraction of sp³-hybridized carbons (Fsp3) is 0.462. The minimum Gasteiger partial charge on any atom is -0.480 e. The highest BCUT2D eigenvalue weighted by Gasteiger charge is 2.49. The van der Waals surface area contributed by atoms with Crippen LogP contribution in [0.2, 0.25) is 0 Å². The summed E-state index contributed by atoms with van der Waals surface area (Å²) >= 11 is 1.36. The third kappa shape index (κ3) is 5.60. The summed E-state index contributed by atoms with van der Waals surface area (Å²) in [6, 6.07) is 5.56. The molecule has 0 spiro atoms. The number of thiazole rings is 1. The van der Waals surface area contributed by atoms with Gasteiger partial charge in [-0.25, -0.2) is 9.97 Å². The van der Waals surface area contributed by atoms with Crippen molar-refractivity contribution < 1.29 is 32.5 Å². The number of nitrogens with one attached hydrogen (secondary N) is 1. The quantitative estimate of drug-likeness (QED) is 0.367. The summed E-state index contributed by atoms with van der Waals surface area (Å²) in [6.45, 7) is 5.78. The van der Waals surface area contributed by atoms with Crippen LogP contribution in [0.4, 0.5) is 24.8 Å². The summed E-state index contributed by atoms with van der Waals surface area (Å²) in [5, 5.41) is 15.0. The summed E-state index contributed by atoms with van der Waals surface area (Å²) in [4.78, 5) is 25.2. The molecule has 0 amide bonds. The Labute approximate surface area is 222 Å². The molecule has 2 heterocycles. The third-order valence-electron chi connectivity index (χ3n) is 6.80. The second-order valence-electron chi connectivity index (χ2n) is 10.2. The topological polar surface area (TPSA) is 106 Å². The van der Waals surface area contributed by atoms with E-state index < -0.39 is 28.6 Å². The number of hydrogen-bond acceptors (Lipinski definition) is 9. The van der Waals surface area contributed by atoms with Crippen LogP contribution in [0.1, 0.15) is 49.2 Å². The van der Waals surface area contributed by atoms with Crippen LogP contribution in [0, 0.1) is 18.3 Å². The molecular formula is C26H29F3N4O4S. The Morgan fingerprint density at radius 1 is 1.18 bits per heavy atom. The van der Waals surface area contributed by atoms with E-state index in [1.165, 1.54) is 18.4 Å². The molecular weight excluding hydrogens is 521 g/mol. The maximum Gasteiger partial charge on any atom is 0.423 e. The van der Waals surface area contributed by atoms with Crippen LogP contribution in [0.15, 0.2) is 30.6 Å². The smallest absolute Gasteiger partial charge is 0.423 e. The number of nitrogens with zero attached hydrogens (tertiary/aromatic N) is 3. The van der Waals surface area contributed by atoms with Gasteiger partial charge in [0.1, 0.15) is 16.2 Å². The highest BCUT2D eigenvalue weighted by molar-refractivity contribution is 7.15. The SMILES string of the molecule is COC(=O)C1CCC(O)(c2ncc(-c3cc(C)cc(Nc4ncc(C(F)(F)F)c(OC)n4)c3)s2)CC1(C)C. The predicted octanol–water partition coefficient (Wildman–Crippen LogP) is 5.87. The van der Waals surface area contributed by atoms with Gasteiger partial charge < -0.3 is 19.9 Å². The molecule has 1 aliphatic carbocycles. The second kappa shape index (κ2) is 10.1. The number of methoxy groups -OCH3 is 2. The number of rotatable bonds is 6. The third-order valence-corrected chi connectivity index (χ3v) is 8.04. The van der Waals surface area contributed by atoms with Crippen LogP contribution < -0.4 is 10.1 Å². The molecule has 38 heavy (non-hydrogen) atoms. The molecule has 2 atom stereocenters. The average molecular weight is 551 g/mol. The van der Waals surface area contributed by atoms with E-state index in [1.807, 2.05) is 32.9 Å². The van der Waals surface area contributed by atoms with Gasteiger partial charge in [-0.15, -0.1) is 11.3 Å². The van der Waals surface area contributed by atoms with Crippen LogP contribution in [-0.4, -0.2) is 40.2 Å². The molecule has 2 N–H and O–H groups in total. The molecule has 1 aromatic carbocycles. The van der Waals surface area contributed by atoms with Gasteiger partial charge in [0.05, 0.1) is 25.0 Å². The Hall–Kier alpha value is -3.25. The Kier molecular flexibility index (Phi) is 7.41. The first kappa shape index (κ1) is 27.8. The van der Waals surface area contributed by atoms with Crippen molar-refractivity contribution in [2.45, 2.75) is 51.8 Å². The van der Waals surface area contributed by atoms with Crippen molar-refractivity contribution in [3.8, 4) is 16.3 Å². The molecule has 1 fully saturated rings. The minimum absolute atomic E-state index is 0.0460. The van der Waals surface area contributed by atoms with Crippen molar-refractivity contribution in [2.24, 2.45) is 11.3 Å². The molecule has 0 aliphatic heterocycles. The summed E-state index contributed by atoms with van der Waals surface area (Å²) < 4.78 is 49.2. The normalized spacial score (nSPS) is 21.1. The standard InChI is InChI=1S/C26H29F3N4O4S/c1-14-8-15(10-16(9-14)32-23-31-11-18(26(27,28)29)20(33-23)36-4)19-12-30-22(38-19)25(35)7-6-17(21(34)37-5)24(2,3)13-25/h8-12,17,35H,6-7,13H2,1-5H3,(H,31,32,33). The predicted molar refractivity (Wildman–Crippen MR) is 136 cm³/mol. The van der Waals surface area contributed by atoms with E-state index in [0.29, 0.717) is 36.2 Å². The molecule has 1 aliphatic rings. The number of carbonyl (C=O) groups is 1. The number of anilines is 2. The van der Waals surface area contributed by atoms with Gasteiger partial charge in [0.15, 0.2) is 0 Å². The Morgan fingerprint density at radius 2 is 1.92 bits per heavy atom. The number of aliphatic hydroxyl groups is 1. The first-order valence-electron chi connectivity index (χ1n) is 11.9. The van der Waals surface area contributed by atoms with E-state index in [4.69, 9.17) is 9.47 Å². The first-order valence-corrected chi connectivity index (χ1v) is 12.7. The van der Waals surface area contributed by atoms with Gasteiger partial charge in [-0.3, -0.25) is 4.79 Å². The monoisotopic (exact) mass is 550 g/mol. The van der Waals surface area contributed by atoms with Crippen molar-refractivity contribution in [3.05, 3.63) is 46.7 Å². The fourth-order valence-corrected chi connectivity index (χ4v) is 6.05. The van der Waals surface area contributed by atoms with Crippen LogP contribution in [0.3, 0.4) is 0 Å². The molecule has 3 aromatic rings. The summed E-state index contributed by atoms with van der Waals surface area (Å²) in [7, 11) is 2.49.